The minimum absolute atomic E-state index is 0.111. The molecule has 144 valence electrons. The third-order valence-corrected chi connectivity index (χ3v) is 7.24. The van der Waals surface area contributed by atoms with E-state index in [1.807, 2.05) is 32.0 Å². The highest BCUT2D eigenvalue weighted by Gasteiger charge is 2.36. The van der Waals surface area contributed by atoms with Gasteiger partial charge in [0, 0.05) is 31.9 Å². The molecule has 2 aliphatic heterocycles. The van der Waals surface area contributed by atoms with Gasteiger partial charge in [0.2, 0.25) is 5.91 Å². The van der Waals surface area contributed by atoms with E-state index in [1.54, 1.807) is 0 Å². The Labute approximate surface area is 155 Å². The second kappa shape index (κ2) is 8.04. The van der Waals surface area contributed by atoms with Crippen molar-refractivity contribution in [1.29, 1.82) is 0 Å². The molecule has 0 bridgehead atoms. The summed E-state index contributed by atoms with van der Waals surface area (Å²) in [4.78, 5) is 12.7. The number of aryl methyl sites for hydroxylation is 1. The number of nitrogens with one attached hydrogen (secondary N) is 1. The van der Waals surface area contributed by atoms with Crippen molar-refractivity contribution in [1.82, 2.24) is 8.61 Å². The predicted octanol–water partition coefficient (Wildman–Crippen LogP) is 1.53. The summed E-state index contributed by atoms with van der Waals surface area (Å²) in [6.45, 7) is 6.26. The third kappa shape index (κ3) is 4.09. The maximum Gasteiger partial charge on any atom is 0.282 e. The Bertz CT molecular complexity index is 760. The molecule has 1 atom stereocenters. The van der Waals surface area contributed by atoms with E-state index in [1.165, 1.54) is 8.61 Å². The zero-order chi connectivity index (χ0) is 18.7. The van der Waals surface area contributed by atoms with E-state index in [0.717, 1.165) is 16.8 Å². The molecule has 1 N–H and O–H groups in total. The van der Waals surface area contributed by atoms with Gasteiger partial charge in [0.1, 0.15) is 0 Å². The number of nitrogens with zero attached hydrogens (tertiary/aromatic N) is 2. The van der Waals surface area contributed by atoms with Crippen molar-refractivity contribution >= 4 is 21.8 Å². The SMILES string of the molecule is Cc1cccc(NC(=O)C2CCCN(S(=O)(=O)N3CCOCC3)C2)c1C. The van der Waals surface area contributed by atoms with Crippen LogP contribution in [0.1, 0.15) is 24.0 Å². The first kappa shape index (κ1) is 19.3. The highest BCUT2D eigenvalue weighted by atomic mass is 32.2. The number of carbonyl (C=O) groups excluding carboxylic acids is 1. The fourth-order valence-electron chi connectivity index (χ4n) is 3.43. The molecule has 1 amide bonds. The Hall–Kier alpha value is -1.48. The van der Waals surface area contributed by atoms with Crippen molar-refractivity contribution in [2.75, 3.05) is 44.7 Å². The topological polar surface area (TPSA) is 79.0 Å². The quantitative estimate of drug-likeness (QED) is 0.858. The summed E-state index contributed by atoms with van der Waals surface area (Å²) in [5.41, 5.74) is 2.94. The van der Waals surface area contributed by atoms with Crippen LogP contribution in [0.5, 0.6) is 0 Å². The largest absolute Gasteiger partial charge is 0.379 e. The summed E-state index contributed by atoms with van der Waals surface area (Å²) in [6, 6.07) is 5.79. The normalized spacial score (nSPS) is 22.9. The molecule has 8 heteroatoms. The molecule has 0 saturated carbocycles. The molecule has 2 fully saturated rings. The summed E-state index contributed by atoms with van der Waals surface area (Å²) in [6.07, 6.45) is 1.39. The summed E-state index contributed by atoms with van der Waals surface area (Å²) in [5.74, 6) is -0.444. The van der Waals surface area contributed by atoms with Gasteiger partial charge in [-0.3, -0.25) is 4.79 Å². The van der Waals surface area contributed by atoms with Gasteiger partial charge in [0.15, 0.2) is 0 Å². The number of anilines is 1. The van der Waals surface area contributed by atoms with Gasteiger partial charge in [0.25, 0.3) is 10.2 Å². The number of morpholine rings is 1. The zero-order valence-corrected chi connectivity index (χ0v) is 16.2. The van der Waals surface area contributed by atoms with Gasteiger partial charge in [0.05, 0.1) is 19.1 Å². The second-order valence-electron chi connectivity index (χ2n) is 6.95. The van der Waals surface area contributed by atoms with Crippen molar-refractivity contribution in [2.24, 2.45) is 5.92 Å². The third-order valence-electron chi connectivity index (χ3n) is 5.24. The predicted molar refractivity (Wildman–Crippen MR) is 100 cm³/mol. The molecular weight excluding hydrogens is 354 g/mol. The van der Waals surface area contributed by atoms with E-state index in [0.29, 0.717) is 45.7 Å². The number of piperidine rings is 1. The van der Waals surface area contributed by atoms with Crippen molar-refractivity contribution in [3.05, 3.63) is 29.3 Å². The Morgan fingerprint density at radius 3 is 2.62 bits per heavy atom. The lowest BCUT2D eigenvalue weighted by molar-refractivity contribution is -0.120. The smallest absolute Gasteiger partial charge is 0.282 e. The molecule has 2 heterocycles. The lowest BCUT2D eigenvalue weighted by atomic mass is 9.98. The van der Waals surface area contributed by atoms with Crippen LogP contribution >= 0.6 is 0 Å². The van der Waals surface area contributed by atoms with E-state index in [9.17, 15) is 13.2 Å². The Balaban J connectivity index is 1.67. The molecule has 0 aliphatic carbocycles. The molecule has 1 aromatic rings. The second-order valence-corrected chi connectivity index (χ2v) is 8.88. The molecule has 7 nitrogen and oxygen atoms in total. The van der Waals surface area contributed by atoms with Crippen LogP contribution in [0.4, 0.5) is 5.69 Å². The maximum absolute atomic E-state index is 12.8. The lowest BCUT2D eigenvalue weighted by Crippen LogP contribution is -2.52. The van der Waals surface area contributed by atoms with Crippen LogP contribution in [-0.4, -0.2) is 62.3 Å². The summed E-state index contributed by atoms with van der Waals surface area (Å²) < 4.78 is 33.8. The fraction of sp³-hybridized carbons (Fsp3) is 0.611. The number of ether oxygens (including phenoxy) is 1. The molecule has 1 unspecified atom stereocenters. The molecule has 3 rings (SSSR count). The molecule has 26 heavy (non-hydrogen) atoms. The maximum atomic E-state index is 12.8. The minimum Gasteiger partial charge on any atom is -0.379 e. The average molecular weight is 381 g/mol. The van der Waals surface area contributed by atoms with Crippen LogP contribution < -0.4 is 5.32 Å². The standard InChI is InChI=1S/C18H27N3O4S/c1-14-5-3-7-17(15(14)2)19-18(22)16-6-4-8-21(13-16)26(23,24)20-9-11-25-12-10-20/h3,5,7,16H,4,6,8-13H2,1-2H3,(H,19,22). The van der Waals surface area contributed by atoms with E-state index < -0.39 is 10.2 Å². The number of carbonyl (C=O) groups is 1. The van der Waals surface area contributed by atoms with E-state index in [2.05, 4.69) is 5.32 Å². The number of hydrogen-bond donors (Lipinski definition) is 1. The van der Waals surface area contributed by atoms with Gasteiger partial charge >= 0.3 is 0 Å². The van der Waals surface area contributed by atoms with Crippen molar-refractivity contribution in [3.8, 4) is 0 Å². The van der Waals surface area contributed by atoms with E-state index in [-0.39, 0.29) is 18.4 Å². The highest BCUT2D eigenvalue weighted by Crippen LogP contribution is 2.24. The van der Waals surface area contributed by atoms with Crippen molar-refractivity contribution < 1.29 is 17.9 Å². The first-order valence-corrected chi connectivity index (χ1v) is 10.5. The Morgan fingerprint density at radius 2 is 1.88 bits per heavy atom. The highest BCUT2D eigenvalue weighted by molar-refractivity contribution is 7.86. The van der Waals surface area contributed by atoms with Gasteiger partial charge in [-0.2, -0.15) is 17.0 Å². The number of rotatable bonds is 4. The first-order chi connectivity index (χ1) is 12.4. The van der Waals surface area contributed by atoms with Gasteiger partial charge in [-0.15, -0.1) is 0 Å². The average Bonchev–Trinajstić information content (AvgIpc) is 2.66. The molecule has 0 spiro atoms. The van der Waals surface area contributed by atoms with Crippen LogP contribution in [0.25, 0.3) is 0 Å². The Kier molecular flexibility index (Phi) is 5.96. The first-order valence-electron chi connectivity index (χ1n) is 9.09. The van der Waals surface area contributed by atoms with Gasteiger partial charge in [-0.25, -0.2) is 0 Å². The zero-order valence-electron chi connectivity index (χ0n) is 15.4. The molecule has 1 aromatic carbocycles. The van der Waals surface area contributed by atoms with Crippen LogP contribution in [0.2, 0.25) is 0 Å². The van der Waals surface area contributed by atoms with Crippen molar-refractivity contribution in [2.45, 2.75) is 26.7 Å². The van der Waals surface area contributed by atoms with Gasteiger partial charge in [-0.1, -0.05) is 12.1 Å². The van der Waals surface area contributed by atoms with Crippen LogP contribution in [-0.2, 0) is 19.7 Å². The summed E-state index contributed by atoms with van der Waals surface area (Å²) in [7, 11) is -3.53. The molecule has 2 aliphatic rings. The number of benzene rings is 1. The summed E-state index contributed by atoms with van der Waals surface area (Å²) in [5, 5.41) is 2.98. The minimum atomic E-state index is -3.53. The van der Waals surface area contributed by atoms with Gasteiger partial charge in [-0.05, 0) is 43.9 Å². The van der Waals surface area contributed by atoms with E-state index >= 15 is 0 Å². The summed E-state index contributed by atoms with van der Waals surface area (Å²) >= 11 is 0. The van der Waals surface area contributed by atoms with E-state index in [4.69, 9.17) is 4.74 Å². The fourth-order valence-corrected chi connectivity index (χ4v) is 5.09. The molecule has 2 saturated heterocycles. The van der Waals surface area contributed by atoms with Crippen LogP contribution in [0.15, 0.2) is 18.2 Å². The van der Waals surface area contributed by atoms with Crippen LogP contribution in [0.3, 0.4) is 0 Å². The number of hydrogen-bond acceptors (Lipinski definition) is 4. The van der Waals surface area contributed by atoms with Crippen LogP contribution in [0, 0.1) is 19.8 Å². The van der Waals surface area contributed by atoms with Crippen molar-refractivity contribution in [3.63, 3.8) is 0 Å². The Morgan fingerprint density at radius 1 is 1.15 bits per heavy atom. The molecule has 0 aromatic heterocycles. The monoisotopic (exact) mass is 381 g/mol. The molecule has 0 radical (unpaired) electrons. The lowest BCUT2D eigenvalue weighted by Gasteiger charge is -2.36. The van der Waals surface area contributed by atoms with Gasteiger partial charge < -0.3 is 10.1 Å². The number of amides is 1. The molecular formula is C18H27N3O4S.